The van der Waals surface area contributed by atoms with E-state index in [1.165, 1.54) is 24.0 Å². The van der Waals surface area contributed by atoms with Gasteiger partial charge in [-0.05, 0) is 36.9 Å². The van der Waals surface area contributed by atoms with Crippen molar-refractivity contribution in [1.29, 1.82) is 0 Å². The molecular weight excluding hydrogens is 230 g/mol. The molecule has 0 spiro atoms. The van der Waals surface area contributed by atoms with Crippen molar-refractivity contribution in [2.24, 2.45) is 5.92 Å². The van der Waals surface area contributed by atoms with Gasteiger partial charge in [0.15, 0.2) is 0 Å². The lowest BCUT2D eigenvalue weighted by molar-refractivity contribution is 0.112. The van der Waals surface area contributed by atoms with Crippen molar-refractivity contribution in [3.8, 4) is 0 Å². The Labute approximate surface area is 109 Å². The Kier molecular flexibility index (Phi) is 2.92. The largest absolute Gasteiger partial charge is 0.302 e. The third kappa shape index (κ3) is 1.80. The number of hydrogen-bond donors (Lipinski definition) is 0. The first-order valence-corrected chi connectivity index (χ1v) is 7.04. The molecule has 4 atom stereocenters. The van der Waals surface area contributed by atoms with Gasteiger partial charge in [-0.15, -0.1) is 11.6 Å². The SMILES string of the molecule is C[C@@H]1CN(C)[C@@H]2CCc3ccccc3[C@H]2[C@H]1Cl. The average Bonchev–Trinajstić information content (AvgIpc) is 2.35. The lowest BCUT2D eigenvalue weighted by Gasteiger charge is -2.48. The van der Waals surface area contributed by atoms with Gasteiger partial charge in [-0.2, -0.15) is 0 Å². The summed E-state index contributed by atoms with van der Waals surface area (Å²) < 4.78 is 0. The van der Waals surface area contributed by atoms with Crippen LogP contribution in [0.25, 0.3) is 0 Å². The summed E-state index contributed by atoms with van der Waals surface area (Å²) >= 11 is 6.71. The van der Waals surface area contributed by atoms with E-state index < -0.39 is 0 Å². The number of hydrogen-bond acceptors (Lipinski definition) is 1. The Morgan fingerprint density at radius 3 is 2.88 bits per heavy atom. The Hall–Kier alpha value is -0.530. The van der Waals surface area contributed by atoms with Crippen molar-refractivity contribution < 1.29 is 0 Å². The van der Waals surface area contributed by atoms with Gasteiger partial charge in [-0.25, -0.2) is 0 Å². The second-order valence-corrected chi connectivity index (χ2v) is 6.20. The highest BCUT2D eigenvalue weighted by Crippen LogP contribution is 2.44. The van der Waals surface area contributed by atoms with Crippen molar-refractivity contribution >= 4 is 11.6 Å². The molecule has 2 heteroatoms. The number of aryl methyl sites for hydroxylation is 1. The number of benzene rings is 1. The van der Waals surface area contributed by atoms with E-state index in [0.29, 0.717) is 17.9 Å². The van der Waals surface area contributed by atoms with Crippen molar-refractivity contribution in [2.75, 3.05) is 13.6 Å². The van der Waals surface area contributed by atoms with E-state index in [0.717, 1.165) is 6.54 Å². The quantitative estimate of drug-likeness (QED) is 0.638. The van der Waals surface area contributed by atoms with Crippen molar-refractivity contribution in [2.45, 2.75) is 37.1 Å². The van der Waals surface area contributed by atoms with Gasteiger partial charge in [-0.1, -0.05) is 31.2 Å². The van der Waals surface area contributed by atoms with Crippen LogP contribution in [0.5, 0.6) is 0 Å². The van der Waals surface area contributed by atoms with E-state index in [4.69, 9.17) is 11.6 Å². The molecular formula is C15H20ClN. The molecule has 0 bridgehead atoms. The summed E-state index contributed by atoms with van der Waals surface area (Å²) in [6.45, 7) is 3.42. The van der Waals surface area contributed by atoms with E-state index in [2.05, 4.69) is 43.1 Å². The summed E-state index contributed by atoms with van der Waals surface area (Å²) in [6.07, 6.45) is 2.47. The molecule has 1 aliphatic heterocycles. The third-order valence-corrected chi connectivity index (χ3v) is 5.27. The van der Waals surface area contributed by atoms with Crippen molar-refractivity contribution in [3.05, 3.63) is 35.4 Å². The molecule has 0 amide bonds. The predicted octanol–water partition coefficient (Wildman–Crippen LogP) is 3.27. The molecule has 0 N–H and O–H groups in total. The van der Waals surface area contributed by atoms with Crippen LogP contribution in [-0.4, -0.2) is 29.9 Å². The van der Waals surface area contributed by atoms with Gasteiger partial charge in [-0.3, -0.25) is 0 Å². The Bertz CT molecular complexity index is 417. The minimum absolute atomic E-state index is 0.289. The fraction of sp³-hybridized carbons (Fsp3) is 0.600. The number of likely N-dealkylation sites (tertiary alicyclic amines) is 1. The molecule has 1 fully saturated rings. The maximum atomic E-state index is 6.71. The highest BCUT2D eigenvalue weighted by Gasteiger charge is 2.42. The standard InChI is InChI=1S/C15H20ClN/c1-10-9-17(2)13-8-7-11-5-3-4-6-12(11)14(13)15(10)16/h3-6,10,13-15H,7-9H2,1-2H3/t10-,13-,14-,15+/m1/s1. The zero-order valence-electron chi connectivity index (χ0n) is 10.6. The van der Waals surface area contributed by atoms with Crippen LogP contribution in [0.4, 0.5) is 0 Å². The normalized spacial score (nSPS) is 37.4. The molecule has 1 nitrogen and oxygen atoms in total. The zero-order valence-corrected chi connectivity index (χ0v) is 11.3. The molecule has 0 aromatic heterocycles. The maximum Gasteiger partial charge on any atom is 0.0457 e. The van der Waals surface area contributed by atoms with E-state index in [1.807, 2.05) is 0 Å². The number of rotatable bonds is 0. The van der Waals surface area contributed by atoms with Gasteiger partial charge in [0.1, 0.15) is 0 Å². The molecule has 3 rings (SSSR count). The van der Waals surface area contributed by atoms with E-state index in [-0.39, 0.29) is 5.38 Å². The summed E-state index contributed by atoms with van der Waals surface area (Å²) in [6, 6.07) is 9.51. The number of nitrogens with zero attached hydrogens (tertiary/aromatic N) is 1. The molecule has 1 saturated heterocycles. The predicted molar refractivity (Wildman–Crippen MR) is 72.7 cm³/mol. The minimum atomic E-state index is 0.289. The summed E-state index contributed by atoms with van der Waals surface area (Å²) in [7, 11) is 2.25. The molecule has 92 valence electrons. The van der Waals surface area contributed by atoms with Crippen LogP contribution in [-0.2, 0) is 6.42 Å². The van der Waals surface area contributed by atoms with Crippen LogP contribution < -0.4 is 0 Å². The van der Waals surface area contributed by atoms with Crippen LogP contribution >= 0.6 is 11.6 Å². The number of fused-ring (bicyclic) bond motifs is 3. The molecule has 17 heavy (non-hydrogen) atoms. The third-order valence-electron chi connectivity index (χ3n) is 4.57. The lowest BCUT2D eigenvalue weighted by Crippen LogP contribution is -2.52. The fourth-order valence-corrected chi connectivity index (χ4v) is 4.08. The highest BCUT2D eigenvalue weighted by atomic mass is 35.5. The van der Waals surface area contributed by atoms with Gasteiger partial charge >= 0.3 is 0 Å². The first-order valence-electron chi connectivity index (χ1n) is 6.60. The Morgan fingerprint density at radius 1 is 1.29 bits per heavy atom. The summed E-state index contributed by atoms with van der Waals surface area (Å²) in [5, 5.41) is 0.289. The van der Waals surface area contributed by atoms with Crippen molar-refractivity contribution in [3.63, 3.8) is 0 Å². The molecule has 1 heterocycles. The lowest BCUT2D eigenvalue weighted by atomic mass is 9.72. The summed E-state index contributed by atoms with van der Waals surface area (Å²) in [5.41, 5.74) is 3.02. The van der Waals surface area contributed by atoms with Crippen LogP contribution in [0.2, 0.25) is 0 Å². The second kappa shape index (κ2) is 4.29. The number of halogens is 1. The maximum absolute atomic E-state index is 6.71. The highest BCUT2D eigenvalue weighted by molar-refractivity contribution is 6.21. The van der Waals surface area contributed by atoms with Gasteiger partial charge in [0.25, 0.3) is 0 Å². The first kappa shape index (κ1) is 11.6. The average molecular weight is 250 g/mol. The Morgan fingerprint density at radius 2 is 2.06 bits per heavy atom. The van der Waals surface area contributed by atoms with Crippen LogP contribution in [0.1, 0.15) is 30.4 Å². The van der Waals surface area contributed by atoms with Crippen molar-refractivity contribution in [1.82, 2.24) is 4.90 Å². The van der Waals surface area contributed by atoms with Crippen LogP contribution in [0, 0.1) is 5.92 Å². The van der Waals surface area contributed by atoms with Gasteiger partial charge in [0.05, 0.1) is 0 Å². The molecule has 1 aromatic carbocycles. The number of likely N-dealkylation sites (N-methyl/N-ethyl adjacent to an activating group) is 1. The van der Waals surface area contributed by atoms with Crippen LogP contribution in [0.3, 0.4) is 0 Å². The number of alkyl halides is 1. The molecule has 2 aliphatic rings. The number of piperidine rings is 1. The first-order chi connectivity index (χ1) is 8.18. The zero-order chi connectivity index (χ0) is 12.0. The smallest absolute Gasteiger partial charge is 0.0457 e. The molecule has 1 aromatic rings. The minimum Gasteiger partial charge on any atom is -0.302 e. The van der Waals surface area contributed by atoms with E-state index in [1.54, 1.807) is 0 Å². The molecule has 0 unspecified atom stereocenters. The topological polar surface area (TPSA) is 3.24 Å². The van der Waals surface area contributed by atoms with E-state index >= 15 is 0 Å². The van der Waals surface area contributed by atoms with E-state index in [9.17, 15) is 0 Å². The second-order valence-electron chi connectivity index (χ2n) is 5.69. The monoisotopic (exact) mass is 249 g/mol. The molecule has 1 aliphatic carbocycles. The fourth-order valence-electron chi connectivity index (χ4n) is 3.70. The van der Waals surface area contributed by atoms with Gasteiger partial charge in [0.2, 0.25) is 0 Å². The van der Waals surface area contributed by atoms with Gasteiger partial charge in [0, 0.05) is 23.9 Å². The summed E-state index contributed by atoms with van der Waals surface area (Å²) in [5.74, 6) is 1.10. The summed E-state index contributed by atoms with van der Waals surface area (Å²) in [4.78, 5) is 2.52. The molecule has 0 saturated carbocycles. The van der Waals surface area contributed by atoms with Crippen LogP contribution in [0.15, 0.2) is 24.3 Å². The van der Waals surface area contributed by atoms with Gasteiger partial charge < -0.3 is 4.90 Å². The Balaban J connectivity index is 2.03. The molecule has 0 radical (unpaired) electrons.